The topological polar surface area (TPSA) is 50.9 Å². The van der Waals surface area contributed by atoms with Gasteiger partial charge in [0.2, 0.25) is 0 Å². The van der Waals surface area contributed by atoms with E-state index in [9.17, 15) is 0 Å². The molecule has 0 fully saturated rings. The van der Waals surface area contributed by atoms with E-state index in [0.717, 1.165) is 22.2 Å². The van der Waals surface area contributed by atoms with E-state index >= 15 is 0 Å². The third-order valence-corrected chi connectivity index (χ3v) is 4.48. The normalized spacial score (nSPS) is 12.4. The molecule has 0 bridgehead atoms. The van der Waals surface area contributed by atoms with Crippen LogP contribution in [0.2, 0.25) is 0 Å². The molecule has 0 saturated carbocycles. The first kappa shape index (κ1) is 14.1. The fourth-order valence-electron chi connectivity index (χ4n) is 2.22. The number of para-hydroxylation sites is 1. The van der Waals surface area contributed by atoms with Crippen LogP contribution in [-0.2, 0) is 0 Å². The molecule has 0 aliphatic rings. The molecule has 1 heterocycles. The minimum Gasteiger partial charge on any atom is -0.271 e. The number of aromatic nitrogens is 1. The van der Waals surface area contributed by atoms with Crippen LogP contribution >= 0.6 is 11.8 Å². The Balaban J connectivity index is 1.78. The molecule has 1 unspecified atom stereocenters. The summed E-state index contributed by atoms with van der Waals surface area (Å²) < 4.78 is 0. The maximum absolute atomic E-state index is 5.72. The van der Waals surface area contributed by atoms with E-state index in [-0.39, 0.29) is 6.04 Å². The van der Waals surface area contributed by atoms with Crippen LogP contribution in [0.1, 0.15) is 11.6 Å². The summed E-state index contributed by atoms with van der Waals surface area (Å²) in [6, 6.07) is 20.7. The lowest BCUT2D eigenvalue weighted by molar-refractivity contribution is 0.609. The number of hydrazine groups is 1. The zero-order valence-electron chi connectivity index (χ0n) is 11.6. The molecule has 1 aromatic heterocycles. The summed E-state index contributed by atoms with van der Waals surface area (Å²) in [4.78, 5) is 5.74. The van der Waals surface area contributed by atoms with Crippen molar-refractivity contribution in [3.8, 4) is 0 Å². The highest BCUT2D eigenvalue weighted by Gasteiger charge is 2.11. The van der Waals surface area contributed by atoms with Gasteiger partial charge in [0.1, 0.15) is 0 Å². The molecule has 0 saturated heterocycles. The first-order valence-corrected chi connectivity index (χ1v) is 7.84. The Bertz CT molecular complexity index is 715. The minimum absolute atomic E-state index is 0.0762. The maximum Gasteiger partial charge on any atom is 0.0702 e. The summed E-state index contributed by atoms with van der Waals surface area (Å²) in [6.07, 6.45) is 1.90. The number of hydrogen-bond acceptors (Lipinski definition) is 4. The van der Waals surface area contributed by atoms with Gasteiger partial charge in [0.25, 0.3) is 0 Å². The van der Waals surface area contributed by atoms with Crippen LogP contribution in [0.4, 0.5) is 0 Å². The zero-order valence-corrected chi connectivity index (χ0v) is 12.4. The van der Waals surface area contributed by atoms with E-state index in [1.165, 1.54) is 4.90 Å². The highest BCUT2D eigenvalue weighted by Crippen LogP contribution is 2.25. The average Bonchev–Trinajstić information content (AvgIpc) is 2.56. The van der Waals surface area contributed by atoms with Gasteiger partial charge >= 0.3 is 0 Å². The van der Waals surface area contributed by atoms with Crippen molar-refractivity contribution in [2.75, 3.05) is 5.75 Å². The van der Waals surface area contributed by atoms with Crippen molar-refractivity contribution in [1.29, 1.82) is 0 Å². The molecule has 21 heavy (non-hydrogen) atoms. The van der Waals surface area contributed by atoms with Gasteiger partial charge in [0.05, 0.1) is 11.6 Å². The molecule has 2 aromatic carbocycles. The largest absolute Gasteiger partial charge is 0.271 e. The Morgan fingerprint density at radius 1 is 1.05 bits per heavy atom. The van der Waals surface area contributed by atoms with Crippen molar-refractivity contribution in [1.82, 2.24) is 10.4 Å². The van der Waals surface area contributed by atoms with Gasteiger partial charge < -0.3 is 0 Å². The molecule has 0 spiro atoms. The van der Waals surface area contributed by atoms with Gasteiger partial charge in [0.15, 0.2) is 0 Å². The predicted molar refractivity (Wildman–Crippen MR) is 89.0 cm³/mol. The number of fused-ring (bicyclic) bond motifs is 1. The Morgan fingerprint density at radius 2 is 1.81 bits per heavy atom. The molecule has 3 nitrogen and oxygen atoms in total. The van der Waals surface area contributed by atoms with Crippen molar-refractivity contribution in [2.45, 2.75) is 10.9 Å². The molecule has 3 N–H and O–H groups in total. The highest BCUT2D eigenvalue weighted by atomic mass is 32.2. The molecule has 0 radical (unpaired) electrons. The molecule has 0 aliphatic carbocycles. The first-order valence-electron chi connectivity index (χ1n) is 6.85. The lowest BCUT2D eigenvalue weighted by Crippen LogP contribution is -2.29. The number of hydrogen-bond donors (Lipinski definition) is 2. The van der Waals surface area contributed by atoms with Crippen molar-refractivity contribution in [2.24, 2.45) is 5.84 Å². The van der Waals surface area contributed by atoms with Gasteiger partial charge in [-0.3, -0.25) is 16.3 Å². The van der Waals surface area contributed by atoms with Crippen LogP contribution in [0.15, 0.2) is 71.8 Å². The van der Waals surface area contributed by atoms with E-state index in [2.05, 4.69) is 34.7 Å². The second-order valence-electron chi connectivity index (χ2n) is 4.80. The fraction of sp³-hybridized carbons (Fsp3) is 0.118. The number of rotatable bonds is 5. The van der Waals surface area contributed by atoms with Crippen molar-refractivity contribution in [3.05, 3.63) is 72.4 Å². The second kappa shape index (κ2) is 6.72. The van der Waals surface area contributed by atoms with Gasteiger partial charge in [-0.25, -0.2) is 0 Å². The summed E-state index contributed by atoms with van der Waals surface area (Å²) in [5.41, 5.74) is 5.01. The first-order chi connectivity index (χ1) is 10.4. The molecule has 3 rings (SSSR count). The summed E-state index contributed by atoms with van der Waals surface area (Å²) >= 11 is 1.78. The highest BCUT2D eigenvalue weighted by molar-refractivity contribution is 7.99. The van der Waals surface area contributed by atoms with Crippen LogP contribution in [0, 0.1) is 0 Å². The Hall–Kier alpha value is -1.88. The van der Waals surface area contributed by atoms with Crippen molar-refractivity contribution in [3.63, 3.8) is 0 Å². The lowest BCUT2D eigenvalue weighted by Gasteiger charge is -2.16. The number of nitrogens with two attached hydrogens (primary N) is 1. The SMILES string of the molecule is NNC(CSc1ccccc1)c1cnc2ccccc2c1. The summed E-state index contributed by atoms with van der Waals surface area (Å²) in [6.45, 7) is 0. The zero-order chi connectivity index (χ0) is 14.5. The smallest absolute Gasteiger partial charge is 0.0702 e. The molecule has 0 aliphatic heterocycles. The van der Waals surface area contributed by atoms with Gasteiger partial charge in [0, 0.05) is 22.2 Å². The summed E-state index contributed by atoms with van der Waals surface area (Å²) in [5, 5.41) is 1.14. The number of nitrogens with zero attached hydrogens (tertiary/aromatic N) is 1. The van der Waals surface area contributed by atoms with Crippen LogP contribution in [0.5, 0.6) is 0 Å². The van der Waals surface area contributed by atoms with Gasteiger partial charge in [-0.15, -0.1) is 11.8 Å². The standard InChI is InChI=1S/C17H17N3S/c18-20-17(12-21-15-7-2-1-3-8-15)14-10-13-6-4-5-9-16(13)19-11-14/h1-11,17,20H,12,18H2. The van der Waals surface area contributed by atoms with Crippen LogP contribution < -0.4 is 11.3 Å². The molecule has 0 amide bonds. The number of benzene rings is 2. The monoisotopic (exact) mass is 295 g/mol. The summed E-state index contributed by atoms with van der Waals surface area (Å²) in [7, 11) is 0. The van der Waals surface area contributed by atoms with Crippen LogP contribution in [0.25, 0.3) is 10.9 Å². The lowest BCUT2D eigenvalue weighted by atomic mass is 10.1. The molecular formula is C17H17N3S. The average molecular weight is 295 g/mol. The van der Waals surface area contributed by atoms with Gasteiger partial charge in [-0.1, -0.05) is 36.4 Å². The number of pyridine rings is 1. The predicted octanol–water partition coefficient (Wildman–Crippen LogP) is 3.53. The molecule has 106 valence electrons. The van der Waals surface area contributed by atoms with E-state index in [4.69, 9.17) is 5.84 Å². The van der Waals surface area contributed by atoms with E-state index in [1.807, 2.05) is 42.6 Å². The third-order valence-electron chi connectivity index (χ3n) is 3.38. The Morgan fingerprint density at radius 3 is 2.62 bits per heavy atom. The second-order valence-corrected chi connectivity index (χ2v) is 5.90. The molecule has 1 atom stereocenters. The molecule has 3 aromatic rings. The number of nitrogens with one attached hydrogen (secondary N) is 1. The third kappa shape index (κ3) is 3.42. The van der Waals surface area contributed by atoms with Crippen LogP contribution in [0.3, 0.4) is 0 Å². The van der Waals surface area contributed by atoms with Crippen molar-refractivity contribution >= 4 is 22.7 Å². The fourth-order valence-corrected chi connectivity index (χ4v) is 3.21. The quantitative estimate of drug-likeness (QED) is 0.429. The van der Waals surface area contributed by atoms with Gasteiger partial charge in [-0.2, -0.15) is 0 Å². The molecule has 4 heteroatoms. The van der Waals surface area contributed by atoms with Gasteiger partial charge in [-0.05, 0) is 29.8 Å². The Kier molecular flexibility index (Phi) is 4.50. The Labute approximate surface area is 128 Å². The van der Waals surface area contributed by atoms with Crippen LogP contribution in [-0.4, -0.2) is 10.7 Å². The van der Waals surface area contributed by atoms with E-state index in [0.29, 0.717) is 0 Å². The van der Waals surface area contributed by atoms with E-state index in [1.54, 1.807) is 11.8 Å². The van der Waals surface area contributed by atoms with E-state index < -0.39 is 0 Å². The number of thioether (sulfide) groups is 1. The molecular weight excluding hydrogens is 278 g/mol. The van der Waals surface area contributed by atoms with Crippen molar-refractivity contribution < 1.29 is 0 Å². The summed E-state index contributed by atoms with van der Waals surface area (Å²) in [5.74, 6) is 6.58. The maximum atomic E-state index is 5.72. The minimum atomic E-state index is 0.0762.